The zero-order valence-electron chi connectivity index (χ0n) is 11.3. The predicted octanol–water partition coefficient (Wildman–Crippen LogP) is 4.45. The number of nitriles is 1. The molecule has 4 heteroatoms. The van der Waals surface area contributed by atoms with Crippen LogP contribution in [-0.4, -0.2) is 11.6 Å². The van der Waals surface area contributed by atoms with Crippen molar-refractivity contribution in [3.05, 3.63) is 47.2 Å². The number of rotatable bonds is 5. The fourth-order valence-corrected chi connectivity index (χ4v) is 1.97. The molecule has 0 fully saturated rings. The lowest BCUT2D eigenvalue weighted by Gasteiger charge is -2.07. The normalized spacial score (nSPS) is 10.1. The molecule has 1 heterocycles. The van der Waals surface area contributed by atoms with Crippen LogP contribution in [0.2, 0.25) is 5.02 Å². The zero-order valence-corrected chi connectivity index (χ0v) is 12.0. The van der Waals surface area contributed by atoms with Gasteiger partial charge in [-0.3, -0.25) is 0 Å². The van der Waals surface area contributed by atoms with Gasteiger partial charge in [0.2, 0.25) is 0 Å². The number of aromatic nitrogens is 1. The third-order valence-electron chi connectivity index (χ3n) is 2.89. The summed E-state index contributed by atoms with van der Waals surface area (Å²) in [7, 11) is 0. The summed E-state index contributed by atoms with van der Waals surface area (Å²) < 4.78 is 5.61. The predicted molar refractivity (Wildman–Crippen MR) is 79.8 cm³/mol. The maximum absolute atomic E-state index is 9.09. The van der Waals surface area contributed by atoms with Crippen LogP contribution in [0.1, 0.15) is 25.5 Å². The zero-order chi connectivity index (χ0) is 14.4. The van der Waals surface area contributed by atoms with Crippen LogP contribution in [0.3, 0.4) is 0 Å². The molecular formula is C16H15ClN2O. The lowest BCUT2D eigenvalue weighted by Crippen LogP contribution is -1.96. The van der Waals surface area contributed by atoms with Crippen LogP contribution in [-0.2, 0) is 0 Å². The molecule has 0 aliphatic heterocycles. The third kappa shape index (κ3) is 3.49. The van der Waals surface area contributed by atoms with Crippen molar-refractivity contribution < 1.29 is 4.74 Å². The van der Waals surface area contributed by atoms with Gasteiger partial charge in [-0.15, -0.1) is 0 Å². The molecule has 0 saturated carbocycles. The van der Waals surface area contributed by atoms with Crippen molar-refractivity contribution in [2.45, 2.75) is 19.8 Å². The van der Waals surface area contributed by atoms with Crippen molar-refractivity contribution in [1.82, 2.24) is 4.98 Å². The average molecular weight is 287 g/mol. The van der Waals surface area contributed by atoms with E-state index >= 15 is 0 Å². The van der Waals surface area contributed by atoms with E-state index in [0.29, 0.717) is 10.7 Å². The Kier molecular flexibility index (Phi) is 4.97. The lowest BCUT2D eigenvalue weighted by molar-refractivity contribution is 0.309. The van der Waals surface area contributed by atoms with Crippen LogP contribution in [0.15, 0.2) is 36.5 Å². The van der Waals surface area contributed by atoms with Gasteiger partial charge in [0, 0.05) is 11.8 Å². The summed E-state index contributed by atoms with van der Waals surface area (Å²) in [5.74, 6) is 0.829. The van der Waals surface area contributed by atoms with Crippen LogP contribution >= 0.6 is 11.6 Å². The number of benzene rings is 1. The Morgan fingerprint density at radius 3 is 2.70 bits per heavy atom. The Morgan fingerprint density at radius 2 is 2.05 bits per heavy atom. The molecule has 2 aromatic rings. The average Bonchev–Trinajstić information content (AvgIpc) is 2.48. The first-order chi connectivity index (χ1) is 9.74. The molecule has 0 saturated heterocycles. The van der Waals surface area contributed by atoms with Gasteiger partial charge in [0.25, 0.3) is 0 Å². The number of pyridine rings is 1. The summed E-state index contributed by atoms with van der Waals surface area (Å²) >= 11 is 5.94. The molecule has 0 N–H and O–H groups in total. The first kappa shape index (κ1) is 14.4. The molecule has 1 aromatic carbocycles. The molecule has 0 atom stereocenters. The van der Waals surface area contributed by atoms with Gasteiger partial charge < -0.3 is 4.74 Å². The number of hydrogen-bond acceptors (Lipinski definition) is 3. The molecule has 0 spiro atoms. The molecule has 102 valence electrons. The van der Waals surface area contributed by atoms with Gasteiger partial charge in [0.15, 0.2) is 0 Å². The fraction of sp³-hybridized carbons (Fsp3) is 0.250. The SMILES string of the molecule is CCCCOc1ccc(-c2cc(Cl)cnc2C#N)cc1. The van der Waals surface area contributed by atoms with E-state index < -0.39 is 0 Å². The highest BCUT2D eigenvalue weighted by Crippen LogP contribution is 2.26. The molecular weight excluding hydrogens is 272 g/mol. The molecule has 0 bridgehead atoms. The maximum Gasteiger partial charge on any atom is 0.148 e. The molecule has 0 unspecified atom stereocenters. The third-order valence-corrected chi connectivity index (χ3v) is 3.10. The highest BCUT2D eigenvalue weighted by atomic mass is 35.5. The van der Waals surface area contributed by atoms with Crippen molar-refractivity contribution in [3.63, 3.8) is 0 Å². The van der Waals surface area contributed by atoms with E-state index in [1.54, 1.807) is 6.07 Å². The Morgan fingerprint density at radius 1 is 1.30 bits per heavy atom. The number of unbranched alkanes of at least 4 members (excludes halogenated alkanes) is 1. The largest absolute Gasteiger partial charge is 0.494 e. The molecule has 20 heavy (non-hydrogen) atoms. The van der Waals surface area contributed by atoms with E-state index in [1.165, 1.54) is 6.20 Å². The van der Waals surface area contributed by atoms with Crippen LogP contribution in [0.25, 0.3) is 11.1 Å². The van der Waals surface area contributed by atoms with Gasteiger partial charge >= 0.3 is 0 Å². The van der Waals surface area contributed by atoms with Crippen molar-refractivity contribution in [2.24, 2.45) is 0 Å². The number of ether oxygens (including phenoxy) is 1. The molecule has 0 aliphatic rings. The second-order valence-electron chi connectivity index (χ2n) is 4.39. The first-order valence-corrected chi connectivity index (χ1v) is 6.91. The Bertz CT molecular complexity index is 617. The smallest absolute Gasteiger partial charge is 0.148 e. The van der Waals surface area contributed by atoms with Crippen molar-refractivity contribution in [1.29, 1.82) is 5.26 Å². The van der Waals surface area contributed by atoms with E-state index in [4.69, 9.17) is 21.6 Å². The molecule has 1 aromatic heterocycles. The van der Waals surface area contributed by atoms with Gasteiger partial charge in [-0.1, -0.05) is 37.1 Å². The minimum Gasteiger partial charge on any atom is -0.494 e. The van der Waals surface area contributed by atoms with Crippen molar-refractivity contribution in [3.8, 4) is 22.9 Å². The Balaban J connectivity index is 2.22. The summed E-state index contributed by atoms with van der Waals surface area (Å²) in [4.78, 5) is 4.03. The highest BCUT2D eigenvalue weighted by molar-refractivity contribution is 6.30. The van der Waals surface area contributed by atoms with Gasteiger partial charge in [-0.2, -0.15) is 5.26 Å². The summed E-state index contributed by atoms with van der Waals surface area (Å²) in [5.41, 5.74) is 2.01. The highest BCUT2D eigenvalue weighted by Gasteiger charge is 2.07. The summed E-state index contributed by atoms with van der Waals surface area (Å²) in [6.45, 7) is 2.85. The van der Waals surface area contributed by atoms with Crippen LogP contribution in [0, 0.1) is 11.3 Å². The monoisotopic (exact) mass is 286 g/mol. The van der Waals surface area contributed by atoms with E-state index in [1.807, 2.05) is 24.3 Å². The lowest BCUT2D eigenvalue weighted by atomic mass is 10.0. The Labute approximate surface area is 123 Å². The molecule has 0 radical (unpaired) electrons. The molecule has 0 aliphatic carbocycles. The van der Waals surface area contributed by atoms with Crippen LogP contribution in [0.4, 0.5) is 0 Å². The second-order valence-corrected chi connectivity index (χ2v) is 4.82. The first-order valence-electron chi connectivity index (χ1n) is 6.53. The second kappa shape index (κ2) is 6.93. The topological polar surface area (TPSA) is 45.9 Å². The number of nitrogens with zero attached hydrogens (tertiary/aromatic N) is 2. The van der Waals surface area contributed by atoms with Gasteiger partial charge in [-0.25, -0.2) is 4.98 Å². The van der Waals surface area contributed by atoms with Gasteiger partial charge in [-0.05, 0) is 30.2 Å². The van der Waals surface area contributed by atoms with Crippen LogP contribution in [0.5, 0.6) is 5.75 Å². The van der Waals surface area contributed by atoms with E-state index in [-0.39, 0.29) is 0 Å². The molecule has 3 nitrogen and oxygen atoms in total. The number of hydrogen-bond donors (Lipinski definition) is 0. The fourth-order valence-electron chi connectivity index (χ4n) is 1.81. The van der Waals surface area contributed by atoms with Crippen LogP contribution < -0.4 is 4.74 Å². The maximum atomic E-state index is 9.09. The Hall–Kier alpha value is -2.05. The molecule has 0 amide bonds. The van der Waals surface area contributed by atoms with Crippen molar-refractivity contribution >= 4 is 11.6 Å². The summed E-state index contributed by atoms with van der Waals surface area (Å²) in [6, 6.07) is 11.4. The molecule has 2 rings (SSSR count). The number of halogens is 1. The van der Waals surface area contributed by atoms with E-state index in [0.717, 1.165) is 36.3 Å². The summed E-state index contributed by atoms with van der Waals surface area (Å²) in [5, 5.41) is 9.60. The minimum atomic E-state index is 0.369. The minimum absolute atomic E-state index is 0.369. The van der Waals surface area contributed by atoms with E-state index in [9.17, 15) is 0 Å². The summed E-state index contributed by atoms with van der Waals surface area (Å²) in [6.07, 6.45) is 3.63. The quantitative estimate of drug-likeness (QED) is 0.763. The standard InChI is InChI=1S/C16H15ClN2O/c1-2-3-8-20-14-6-4-12(5-7-14)15-9-13(17)11-19-16(15)10-18/h4-7,9,11H,2-3,8H2,1H3. The van der Waals surface area contributed by atoms with Gasteiger partial charge in [0.05, 0.1) is 11.6 Å². The van der Waals surface area contributed by atoms with Crippen molar-refractivity contribution in [2.75, 3.05) is 6.61 Å². The van der Waals surface area contributed by atoms with Gasteiger partial charge in [0.1, 0.15) is 17.5 Å². The van der Waals surface area contributed by atoms with E-state index in [2.05, 4.69) is 18.0 Å².